The summed E-state index contributed by atoms with van der Waals surface area (Å²) in [7, 11) is 0. The zero-order chi connectivity index (χ0) is 20.1. The van der Waals surface area contributed by atoms with E-state index >= 15 is 0 Å². The Hall–Kier alpha value is -3.55. The van der Waals surface area contributed by atoms with Crippen LogP contribution >= 0.6 is 11.6 Å². The summed E-state index contributed by atoms with van der Waals surface area (Å²) in [4.78, 5) is 0. The summed E-state index contributed by atoms with van der Waals surface area (Å²) >= 11 is 6.14. The molecule has 0 amide bonds. The average Bonchev–Trinajstić information content (AvgIpc) is 3.16. The fourth-order valence-corrected chi connectivity index (χ4v) is 4.46. The molecule has 2 heteroatoms. The van der Waals surface area contributed by atoms with Crippen LogP contribution in [0.5, 0.6) is 0 Å². The zero-order valence-corrected chi connectivity index (χ0v) is 16.9. The summed E-state index contributed by atoms with van der Waals surface area (Å²) in [5, 5.41) is 5.47. The van der Waals surface area contributed by atoms with Crippen molar-refractivity contribution >= 4 is 44.3 Å². The van der Waals surface area contributed by atoms with Gasteiger partial charge >= 0.3 is 0 Å². The van der Waals surface area contributed by atoms with Gasteiger partial charge in [-0.2, -0.15) is 0 Å². The molecule has 0 aliphatic rings. The first-order valence-corrected chi connectivity index (χ1v) is 10.3. The van der Waals surface area contributed by atoms with Gasteiger partial charge in [-0.1, -0.05) is 84.4 Å². The highest BCUT2D eigenvalue weighted by molar-refractivity contribution is 6.30. The molecule has 0 saturated heterocycles. The minimum absolute atomic E-state index is 0.741. The third-order valence-corrected chi connectivity index (χ3v) is 6.00. The fraction of sp³-hybridized carbons (Fsp3) is 0. The summed E-state index contributed by atoms with van der Waals surface area (Å²) < 4.78 is 6.17. The van der Waals surface area contributed by atoms with E-state index < -0.39 is 0 Å². The molecule has 30 heavy (non-hydrogen) atoms. The highest BCUT2D eigenvalue weighted by atomic mass is 35.5. The number of fused-ring (bicyclic) bond motifs is 4. The maximum Gasteiger partial charge on any atom is 0.136 e. The standard InChI is InChI=1S/C28H17ClO/c29-21-13-9-19(10-14-21)23-15-11-18-5-1-2-6-22(18)28(23)20-12-16-25-24-7-3-4-8-26(24)30-27(25)17-20/h1-17H. The van der Waals surface area contributed by atoms with Crippen LogP contribution in [0.15, 0.2) is 108 Å². The normalized spacial score (nSPS) is 11.5. The lowest BCUT2D eigenvalue weighted by atomic mass is 9.89. The summed E-state index contributed by atoms with van der Waals surface area (Å²) in [6.45, 7) is 0. The quantitative estimate of drug-likeness (QED) is 0.281. The van der Waals surface area contributed by atoms with Gasteiger partial charge in [-0.15, -0.1) is 0 Å². The van der Waals surface area contributed by atoms with Crippen molar-refractivity contribution in [2.75, 3.05) is 0 Å². The van der Waals surface area contributed by atoms with Gasteiger partial charge in [0, 0.05) is 15.8 Å². The smallest absolute Gasteiger partial charge is 0.136 e. The molecule has 0 bridgehead atoms. The second-order valence-electron chi connectivity index (χ2n) is 7.53. The van der Waals surface area contributed by atoms with Crippen molar-refractivity contribution in [1.82, 2.24) is 0 Å². The monoisotopic (exact) mass is 404 g/mol. The van der Waals surface area contributed by atoms with Crippen LogP contribution in [0.2, 0.25) is 5.02 Å². The van der Waals surface area contributed by atoms with Gasteiger partial charge in [0.1, 0.15) is 11.2 Å². The van der Waals surface area contributed by atoms with Gasteiger partial charge < -0.3 is 4.42 Å². The van der Waals surface area contributed by atoms with Gasteiger partial charge in [0.25, 0.3) is 0 Å². The largest absolute Gasteiger partial charge is 0.456 e. The molecule has 0 radical (unpaired) electrons. The SMILES string of the molecule is Clc1ccc(-c2ccc3ccccc3c2-c2ccc3c(c2)oc2ccccc23)cc1. The Labute approximate surface area is 179 Å². The van der Waals surface area contributed by atoms with Crippen molar-refractivity contribution in [3.8, 4) is 22.3 Å². The molecule has 142 valence electrons. The second kappa shape index (κ2) is 6.76. The van der Waals surface area contributed by atoms with Crippen LogP contribution in [0, 0.1) is 0 Å². The van der Waals surface area contributed by atoms with E-state index in [1.807, 2.05) is 24.3 Å². The summed E-state index contributed by atoms with van der Waals surface area (Å²) in [5.41, 5.74) is 6.50. The molecule has 0 saturated carbocycles. The van der Waals surface area contributed by atoms with E-state index in [1.165, 1.54) is 21.9 Å². The van der Waals surface area contributed by atoms with Crippen LogP contribution in [0.4, 0.5) is 0 Å². The van der Waals surface area contributed by atoms with E-state index in [0.29, 0.717) is 0 Å². The van der Waals surface area contributed by atoms with Crippen LogP contribution in [-0.4, -0.2) is 0 Å². The molecule has 0 atom stereocenters. The van der Waals surface area contributed by atoms with Crippen molar-refractivity contribution in [3.63, 3.8) is 0 Å². The van der Waals surface area contributed by atoms with Gasteiger partial charge in [0.15, 0.2) is 0 Å². The van der Waals surface area contributed by atoms with Crippen LogP contribution in [0.25, 0.3) is 55.0 Å². The number of hydrogen-bond acceptors (Lipinski definition) is 1. The number of benzene rings is 5. The van der Waals surface area contributed by atoms with E-state index in [2.05, 4.69) is 78.9 Å². The Balaban J connectivity index is 1.67. The Bertz CT molecular complexity index is 1540. The Morgan fingerprint density at radius 3 is 2.10 bits per heavy atom. The Morgan fingerprint density at radius 2 is 1.23 bits per heavy atom. The summed E-state index contributed by atoms with van der Waals surface area (Å²) in [6, 6.07) is 35.7. The van der Waals surface area contributed by atoms with Crippen LogP contribution in [0.1, 0.15) is 0 Å². The zero-order valence-electron chi connectivity index (χ0n) is 16.1. The van der Waals surface area contributed by atoms with Gasteiger partial charge in [0.05, 0.1) is 0 Å². The van der Waals surface area contributed by atoms with E-state index in [-0.39, 0.29) is 0 Å². The first-order valence-electron chi connectivity index (χ1n) is 9.97. The lowest BCUT2D eigenvalue weighted by Crippen LogP contribution is -1.88. The average molecular weight is 405 g/mol. The topological polar surface area (TPSA) is 13.1 Å². The van der Waals surface area contributed by atoms with E-state index in [0.717, 1.165) is 38.1 Å². The van der Waals surface area contributed by atoms with Crippen molar-refractivity contribution < 1.29 is 4.42 Å². The molecule has 0 aliphatic carbocycles. The highest BCUT2D eigenvalue weighted by Crippen LogP contribution is 2.40. The Morgan fingerprint density at radius 1 is 0.533 bits per heavy atom. The van der Waals surface area contributed by atoms with Crippen molar-refractivity contribution in [2.45, 2.75) is 0 Å². The fourth-order valence-electron chi connectivity index (χ4n) is 4.33. The van der Waals surface area contributed by atoms with E-state index in [4.69, 9.17) is 16.0 Å². The molecule has 1 nitrogen and oxygen atoms in total. The minimum Gasteiger partial charge on any atom is -0.456 e. The number of para-hydroxylation sites is 1. The van der Waals surface area contributed by atoms with Crippen LogP contribution < -0.4 is 0 Å². The molecular weight excluding hydrogens is 388 g/mol. The van der Waals surface area contributed by atoms with E-state index in [9.17, 15) is 0 Å². The third-order valence-electron chi connectivity index (χ3n) is 5.75. The molecule has 0 unspecified atom stereocenters. The molecule has 0 aliphatic heterocycles. The number of halogens is 1. The second-order valence-corrected chi connectivity index (χ2v) is 7.96. The van der Waals surface area contributed by atoms with E-state index in [1.54, 1.807) is 0 Å². The molecule has 1 heterocycles. The molecular formula is C28H17ClO. The maximum atomic E-state index is 6.17. The third kappa shape index (κ3) is 2.71. The number of hydrogen-bond donors (Lipinski definition) is 0. The summed E-state index contributed by atoms with van der Waals surface area (Å²) in [6.07, 6.45) is 0. The lowest BCUT2D eigenvalue weighted by Gasteiger charge is -2.14. The molecule has 0 fully saturated rings. The van der Waals surface area contributed by atoms with Crippen molar-refractivity contribution in [3.05, 3.63) is 108 Å². The molecule has 6 aromatic rings. The Kier molecular flexibility index (Phi) is 3.90. The van der Waals surface area contributed by atoms with Crippen molar-refractivity contribution in [2.24, 2.45) is 0 Å². The van der Waals surface area contributed by atoms with Gasteiger partial charge in [0.2, 0.25) is 0 Å². The van der Waals surface area contributed by atoms with Crippen LogP contribution in [0.3, 0.4) is 0 Å². The number of rotatable bonds is 2. The molecule has 1 aromatic heterocycles. The molecule has 0 N–H and O–H groups in total. The van der Waals surface area contributed by atoms with Crippen molar-refractivity contribution in [1.29, 1.82) is 0 Å². The molecule has 0 spiro atoms. The lowest BCUT2D eigenvalue weighted by molar-refractivity contribution is 0.669. The first kappa shape index (κ1) is 17.3. The van der Waals surface area contributed by atoms with Gasteiger partial charge in [-0.3, -0.25) is 0 Å². The first-order chi connectivity index (χ1) is 14.8. The van der Waals surface area contributed by atoms with Gasteiger partial charge in [-0.05, 0) is 63.4 Å². The molecule has 5 aromatic carbocycles. The predicted octanol–water partition coefficient (Wildman–Crippen LogP) is 8.73. The van der Waals surface area contributed by atoms with Crippen LogP contribution in [-0.2, 0) is 0 Å². The summed E-state index contributed by atoms with van der Waals surface area (Å²) in [5.74, 6) is 0. The predicted molar refractivity (Wildman–Crippen MR) is 127 cm³/mol. The molecule has 6 rings (SSSR count). The maximum absolute atomic E-state index is 6.17. The minimum atomic E-state index is 0.741. The van der Waals surface area contributed by atoms with Gasteiger partial charge in [-0.25, -0.2) is 0 Å². The highest BCUT2D eigenvalue weighted by Gasteiger charge is 2.14. The number of furan rings is 1.